The van der Waals surface area contributed by atoms with Crippen LogP contribution < -0.4 is 10.6 Å². The highest BCUT2D eigenvalue weighted by Crippen LogP contribution is 2.15. The van der Waals surface area contributed by atoms with Gasteiger partial charge in [-0.2, -0.15) is 5.10 Å². The van der Waals surface area contributed by atoms with Gasteiger partial charge < -0.3 is 10.6 Å². The van der Waals surface area contributed by atoms with Gasteiger partial charge >= 0.3 is 0 Å². The van der Waals surface area contributed by atoms with Crippen molar-refractivity contribution in [2.75, 3.05) is 11.9 Å². The quantitative estimate of drug-likeness (QED) is 0.857. The van der Waals surface area contributed by atoms with Crippen molar-refractivity contribution < 1.29 is 4.79 Å². The van der Waals surface area contributed by atoms with Crippen LogP contribution in [-0.2, 0) is 6.54 Å². The lowest BCUT2D eigenvalue weighted by Gasteiger charge is -2.14. The molecule has 0 atom stereocenters. The van der Waals surface area contributed by atoms with Crippen molar-refractivity contribution in [1.82, 2.24) is 15.1 Å². The smallest absolute Gasteiger partial charge is 0.253 e. The van der Waals surface area contributed by atoms with Gasteiger partial charge in [-0.3, -0.25) is 9.48 Å². The lowest BCUT2D eigenvalue weighted by molar-refractivity contribution is 0.0952. The first-order valence-corrected chi connectivity index (χ1v) is 7.19. The number of carbonyl (C=O) groups excluding carboxylic acids is 1. The lowest BCUT2D eigenvalue weighted by Crippen LogP contribution is -2.28. The Kier molecular flexibility index (Phi) is 4.98. The molecule has 1 amide bonds. The molecule has 0 bridgehead atoms. The van der Waals surface area contributed by atoms with Gasteiger partial charge in [0.05, 0.1) is 18.3 Å². The molecule has 0 aliphatic carbocycles. The van der Waals surface area contributed by atoms with Gasteiger partial charge in [0.1, 0.15) is 0 Å². The van der Waals surface area contributed by atoms with E-state index in [1.54, 1.807) is 0 Å². The lowest BCUT2D eigenvalue weighted by atomic mass is 10.1. The molecule has 2 aromatic rings. The minimum absolute atomic E-state index is 0.0670. The Morgan fingerprint density at radius 1 is 1.33 bits per heavy atom. The topological polar surface area (TPSA) is 59.0 Å². The summed E-state index contributed by atoms with van der Waals surface area (Å²) in [5.74, 6) is -0.0670. The number of hydrogen-bond acceptors (Lipinski definition) is 3. The zero-order chi connectivity index (χ0) is 15.2. The van der Waals surface area contributed by atoms with E-state index in [1.165, 1.54) is 0 Å². The van der Waals surface area contributed by atoms with E-state index < -0.39 is 0 Å². The monoisotopic (exact) mass is 286 g/mol. The Hall–Kier alpha value is -2.30. The number of amides is 1. The van der Waals surface area contributed by atoms with Crippen molar-refractivity contribution >= 4 is 11.6 Å². The van der Waals surface area contributed by atoms with Crippen LogP contribution in [0.3, 0.4) is 0 Å². The molecule has 0 saturated carbocycles. The number of nitrogens with one attached hydrogen (secondary N) is 2. The maximum atomic E-state index is 12.3. The number of hydrogen-bond donors (Lipinski definition) is 2. The highest BCUT2D eigenvalue weighted by atomic mass is 16.1. The fraction of sp³-hybridized carbons (Fsp3) is 0.375. The summed E-state index contributed by atoms with van der Waals surface area (Å²) in [4.78, 5) is 12.3. The molecule has 1 aromatic heterocycles. The van der Waals surface area contributed by atoms with E-state index in [0.29, 0.717) is 18.7 Å². The van der Waals surface area contributed by atoms with Crippen molar-refractivity contribution in [3.63, 3.8) is 0 Å². The molecule has 2 N–H and O–H groups in total. The van der Waals surface area contributed by atoms with Crippen LogP contribution in [0.25, 0.3) is 0 Å². The third-order valence-corrected chi connectivity index (χ3v) is 3.00. The maximum Gasteiger partial charge on any atom is 0.253 e. The highest BCUT2D eigenvalue weighted by molar-refractivity contribution is 5.99. The number of benzene rings is 1. The normalized spacial score (nSPS) is 10.7. The molecule has 0 saturated heterocycles. The van der Waals surface area contributed by atoms with E-state index in [1.807, 2.05) is 48.3 Å². The summed E-state index contributed by atoms with van der Waals surface area (Å²) in [6, 6.07) is 7.83. The summed E-state index contributed by atoms with van der Waals surface area (Å²) in [6.07, 6.45) is 3.77. The van der Waals surface area contributed by atoms with Gasteiger partial charge in [-0.05, 0) is 38.5 Å². The number of carbonyl (C=O) groups is 1. The van der Waals surface area contributed by atoms with Crippen LogP contribution in [-0.4, -0.2) is 28.3 Å². The Balaban J connectivity index is 1.94. The highest BCUT2D eigenvalue weighted by Gasteiger charge is 2.10. The second-order valence-electron chi connectivity index (χ2n) is 5.38. The van der Waals surface area contributed by atoms with E-state index >= 15 is 0 Å². The number of nitrogens with zero attached hydrogens (tertiary/aromatic N) is 2. The largest absolute Gasteiger partial charge is 0.382 e. The first-order valence-electron chi connectivity index (χ1n) is 7.19. The third kappa shape index (κ3) is 4.34. The van der Waals surface area contributed by atoms with E-state index in [0.717, 1.165) is 11.3 Å². The molecule has 0 spiro atoms. The fourth-order valence-corrected chi connectivity index (χ4v) is 2.09. The molecule has 5 nitrogen and oxygen atoms in total. The van der Waals surface area contributed by atoms with Gasteiger partial charge in [-0.25, -0.2) is 0 Å². The Morgan fingerprint density at radius 2 is 2.10 bits per heavy atom. The standard InChI is InChI=1S/C16H22N4O/c1-12(2)19-15-7-5-4-6-14(15)16(21)17-8-9-20-11-13(3)10-18-20/h4-7,10-12,19H,8-9H2,1-3H3,(H,17,21). The third-order valence-electron chi connectivity index (χ3n) is 3.00. The molecule has 0 radical (unpaired) electrons. The molecule has 0 unspecified atom stereocenters. The molecule has 1 heterocycles. The van der Waals surface area contributed by atoms with E-state index in [4.69, 9.17) is 0 Å². The number of anilines is 1. The first-order chi connectivity index (χ1) is 10.1. The number of aryl methyl sites for hydroxylation is 1. The summed E-state index contributed by atoms with van der Waals surface area (Å²) in [6.45, 7) is 7.31. The molecular weight excluding hydrogens is 264 g/mol. The number of rotatable bonds is 6. The van der Waals surface area contributed by atoms with Crippen LogP contribution in [0.4, 0.5) is 5.69 Å². The van der Waals surface area contributed by atoms with Gasteiger partial charge in [-0.1, -0.05) is 12.1 Å². The van der Waals surface area contributed by atoms with Crippen molar-refractivity contribution in [3.05, 3.63) is 47.8 Å². The average molecular weight is 286 g/mol. The van der Waals surface area contributed by atoms with Gasteiger partial charge in [0.15, 0.2) is 0 Å². The van der Waals surface area contributed by atoms with Crippen molar-refractivity contribution in [2.24, 2.45) is 0 Å². The van der Waals surface area contributed by atoms with E-state index in [9.17, 15) is 4.79 Å². The second kappa shape index (κ2) is 6.92. The first kappa shape index (κ1) is 15.1. The number of aromatic nitrogens is 2. The number of para-hydroxylation sites is 1. The fourth-order valence-electron chi connectivity index (χ4n) is 2.09. The van der Waals surface area contributed by atoms with Gasteiger partial charge in [-0.15, -0.1) is 0 Å². The molecule has 0 aliphatic rings. The molecule has 21 heavy (non-hydrogen) atoms. The Labute approximate surface area is 125 Å². The van der Waals surface area contributed by atoms with Crippen LogP contribution in [0.2, 0.25) is 0 Å². The second-order valence-corrected chi connectivity index (χ2v) is 5.38. The summed E-state index contributed by atoms with van der Waals surface area (Å²) in [5.41, 5.74) is 2.65. The molecule has 0 fully saturated rings. The minimum atomic E-state index is -0.0670. The van der Waals surface area contributed by atoms with E-state index in [2.05, 4.69) is 29.6 Å². The molecule has 0 aliphatic heterocycles. The average Bonchev–Trinajstić information content (AvgIpc) is 2.84. The minimum Gasteiger partial charge on any atom is -0.382 e. The van der Waals surface area contributed by atoms with Crippen LogP contribution in [0.15, 0.2) is 36.7 Å². The molecule has 5 heteroatoms. The van der Waals surface area contributed by atoms with Crippen molar-refractivity contribution in [1.29, 1.82) is 0 Å². The van der Waals surface area contributed by atoms with Crippen LogP contribution in [0.5, 0.6) is 0 Å². The predicted molar refractivity (Wildman–Crippen MR) is 84.5 cm³/mol. The summed E-state index contributed by atoms with van der Waals surface area (Å²) in [5, 5.41) is 10.4. The zero-order valence-electron chi connectivity index (χ0n) is 12.8. The zero-order valence-corrected chi connectivity index (χ0v) is 12.8. The van der Waals surface area contributed by atoms with Crippen molar-refractivity contribution in [2.45, 2.75) is 33.4 Å². The predicted octanol–water partition coefficient (Wildman–Crippen LogP) is 2.44. The molecule has 112 valence electrons. The van der Waals surface area contributed by atoms with Gasteiger partial charge in [0, 0.05) is 24.5 Å². The van der Waals surface area contributed by atoms with Crippen LogP contribution >= 0.6 is 0 Å². The SMILES string of the molecule is Cc1cnn(CCNC(=O)c2ccccc2NC(C)C)c1. The molecule has 1 aromatic carbocycles. The van der Waals surface area contributed by atoms with Crippen LogP contribution in [0.1, 0.15) is 29.8 Å². The maximum absolute atomic E-state index is 12.3. The van der Waals surface area contributed by atoms with E-state index in [-0.39, 0.29) is 11.9 Å². The van der Waals surface area contributed by atoms with Crippen molar-refractivity contribution in [3.8, 4) is 0 Å². The Bertz CT molecular complexity index is 604. The van der Waals surface area contributed by atoms with Gasteiger partial charge in [0.2, 0.25) is 0 Å². The summed E-state index contributed by atoms with van der Waals surface area (Å²) < 4.78 is 1.83. The van der Waals surface area contributed by atoms with Crippen LogP contribution in [0, 0.1) is 6.92 Å². The summed E-state index contributed by atoms with van der Waals surface area (Å²) in [7, 11) is 0. The Morgan fingerprint density at radius 3 is 2.76 bits per heavy atom. The van der Waals surface area contributed by atoms with Gasteiger partial charge in [0.25, 0.3) is 5.91 Å². The molecular formula is C16H22N4O. The molecule has 2 rings (SSSR count). The summed E-state index contributed by atoms with van der Waals surface area (Å²) >= 11 is 0.